The predicted octanol–water partition coefficient (Wildman–Crippen LogP) is 2.57. The van der Waals surface area contributed by atoms with E-state index in [1.165, 1.54) is 0 Å². The van der Waals surface area contributed by atoms with E-state index in [0.717, 1.165) is 10.9 Å². The molecule has 1 saturated heterocycles. The molecule has 0 spiro atoms. The van der Waals surface area contributed by atoms with Crippen molar-refractivity contribution in [1.29, 1.82) is 0 Å². The Morgan fingerprint density at radius 3 is 2.36 bits per heavy atom. The number of carbonyl (C=O) groups excluding carboxylic acids is 2. The first-order valence-electron chi connectivity index (χ1n) is 8.32. The fraction of sp³-hybridized carbons (Fsp3) is 0.444. The number of fused-ring (bicyclic) bond motifs is 1. The lowest BCUT2D eigenvalue weighted by Gasteiger charge is -2.35. The second kappa shape index (κ2) is 6.31. The smallest absolute Gasteiger partial charge is 0.410 e. The molecule has 2 amide bonds. The van der Waals surface area contributed by atoms with Gasteiger partial charge in [-0.3, -0.25) is 4.79 Å². The zero-order valence-corrected chi connectivity index (χ0v) is 14.7. The van der Waals surface area contributed by atoms with Gasteiger partial charge in [-0.05, 0) is 39.0 Å². The molecule has 7 heteroatoms. The van der Waals surface area contributed by atoms with Crippen LogP contribution in [-0.2, 0) is 4.74 Å². The third-order valence-electron chi connectivity index (χ3n) is 4.06. The fourth-order valence-electron chi connectivity index (χ4n) is 2.82. The number of ether oxygens (including phenoxy) is 1. The van der Waals surface area contributed by atoms with E-state index in [0.29, 0.717) is 31.9 Å². The van der Waals surface area contributed by atoms with Crippen LogP contribution < -0.4 is 0 Å². The van der Waals surface area contributed by atoms with Crippen molar-refractivity contribution < 1.29 is 19.4 Å². The number of hydrogen-bond acceptors (Lipinski definition) is 4. The van der Waals surface area contributed by atoms with Crippen LogP contribution in [0.25, 0.3) is 10.9 Å². The Hall–Kier alpha value is -2.70. The Kier molecular flexibility index (Phi) is 4.32. The first kappa shape index (κ1) is 17.1. The molecule has 2 N–H and O–H groups in total. The van der Waals surface area contributed by atoms with Crippen molar-refractivity contribution in [3.63, 3.8) is 0 Å². The van der Waals surface area contributed by atoms with E-state index in [9.17, 15) is 14.7 Å². The van der Waals surface area contributed by atoms with Crippen LogP contribution in [0.15, 0.2) is 24.3 Å². The maximum Gasteiger partial charge on any atom is 0.410 e. The average Bonchev–Trinajstić information content (AvgIpc) is 2.95. The third-order valence-corrected chi connectivity index (χ3v) is 4.06. The first-order chi connectivity index (χ1) is 11.7. The van der Waals surface area contributed by atoms with Gasteiger partial charge in [0.25, 0.3) is 5.91 Å². The molecular formula is C18H23N3O4. The largest absolute Gasteiger partial charge is 0.508 e. The maximum atomic E-state index is 12.7. The number of piperazine rings is 1. The van der Waals surface area contributed by atoms with E-state index in [2.05, 4.69) is 4.98 Å². The van der Waals surface area contributed by atoms with Crippen molar-refractivity contribution in [2.24, 2.45) is 0 Å². The van der Waals surface area contributed by atoms with E-state index in [1.54, 1.807) is 34.1 Å². The van der Waals surface area contributed by atoms with Crippen LogP contribution in [0.3, 0.4) is 0 Å². The molecule has 25 heavy (non-hydrogen) atoms. The molecule has 0 aliphatic carbocycles. The summed E-state index contributed by atoms with van der Waals surface area (Å²) < 4.78 is 5.36. The van der Waals surface area contributed by atoms with Crippen molar-refractivity contribution >= 4 is 22.9 Å². The lowest BCUT2D eigenvalue weighted by molar-refractivity contribution is 0.0140. The standard InChI is InChI=1S/C18H23N3O4/c1-18(2,3)25-17(24)21-8-6-20(7-9-21)16(23)15-10-12-4-5-13(22)11-14(12)19-15/h4-5,10-11,19,22H,6-9H2,1-3H3. The van der Waals surface area contributed by atoms with Crippen LogP contribution in [0.4, 0.5) is 4.79 Å². The van der Waals surface area contributed by atoms with Gasteiger partial charge in [-0.2, -0.15) is 0 Å². The summed E-state index contributed by atoms with van der Waals surface area (Å²) in [5, 5.41) is 10.4. The molecule has 7 nitrogen and oxygen atoms in total. The van der Waals surface area contributed by atoms with Crippen LogP contribution >= 0.6 is 0 Å². The Balaban J connectivity index is 1.63. The highest BCUT2D eigenvalue weighted by atomic mass is 16.6. The van der Waals surface area contributed by atoms with E-state index >= 15 is 0 Å². The van der Waals surface area contributed by atoms with Crippen molar-refractivity contribution in [3.8, 4) is 5.75 Å². The van der Waals surface area contributed by atoms with E-state index in [-0.39, 0.29) is 17.7 Å². The fourth-order valence-corrected chi connectivity index (χ4v) is 2.82. The number of nitrogens with zero attached hydrogens (tertiary/aromatic N) is 2. The Morgan fingerprint density at radius 2 is 1.72 bits per heavy atom. The summed E-state index contributed by atoms with van der Waals surface area (Å²) in [5.74, 6) is 0.0406. The Labute approximate surface area is 146 Å². The maximum absolute atomic E-state index is 12.7. The lowest BCUT2D eigenvalue weighted by Crippen LogP contribution is -2.51. The van der Waals surface area contributed by atoms with Crippen LogP contribution in [0.5, 0.6) is 5.75 Å². The number of aromatic amines is 1. The van der Waals surface area contributed by atoms with Crippen molar-refractivity contribution in [1.82, 2.24) is 14.8 Å². The number of aromatic nitrogens is 1. The highest BCUT2D eigenvalue weighted by Crippen LogP contribution is 2.21. The van der Waals surface area contributed by atoms with Crippen molar-refractivity contribution in [2.75, 3.05) is 26.2 Å². The Bertz CT molecular complexity index is 798. The van der Waals surface area contributed by atoms with Gasteiger partial charge < -0.3 is 24.6 Å². The van der Waals surface area contributed by atoms with Gasteiger partial charge in [0.05, 0.1) is 0 Å². The number of amides is 2. The van der Waals surface area contributed by atoms with E-state index in [4.69, 9.17) is 4.74 Å². The highest BCUT2D eigenvalue weighted by molar-refractivity contribution is 5.98. The molecule has 0 unspecified atom stereocenters. The zero-order valence-electron chi connectivity index (χ0n) is 14.7. The number of phenols is 1. The minimum Gasteiger partial charge on any atom is -0.508 e. The van der Waals surface area contributed by atoms with Gasteiger partial charge in [0.15, 0.2) is 0 Å². The van der Waals surface area contributed by atoms with Crippen LogP contribution in [0.2, 0.25) is 0 Å². The molecule has 1 aromatic carbocycles. The van der Waals surface area contributed by atoms with E-state index in [1.807, 2.05) is 20.8 Å². The topological polar surface area (TPSA) is 85.9 Å². The van der Waals surface area contributed by atoms with Crippen LogP contribution in [0.1, 0.15) is 31.3 Å². The summed E-state index contributed by atoms with van der Waals surface area (Å²) in [7, 11) is 0. The van der Waals surface area contributed by atoms with Crippen molar-refractivity contribution in [3.05, 3.63) is 30.0 Å². The molecule has 0 atom stereocenters. The summed E-state index contributed by atoms with van der Waals surface area (Å²) >= 11 is 0. The van der Waals surface area contributed by atoms with Crippen molar-refractivity contribution in [2.45, 2.75) is 26.4 Å². The minimum atomic E-state index is -0.528. The number of aromatic hydroxyl groups is 1. The molecule has 1 aliphatic rings. The molecule has 1 fully saturated rings. The number of hydrogen-bond donors (Lipinski definition) is 2. The number of carbonyl (C=O) groups is 2. The summed E-state index contributed by atoms with van der Waals surface area (Å²) in [6.45, 7) is 7.30. The molecule has 0 radical (unpaired) electrons. The molecule has 0 bridgehead atoms. The molecule has 2 aromatic rings. The summed E-state index contributed by atoms with van der Waals surface area (Å²) in [4.78, 5) is 31.1. The van der Waals surface area contributed by atoms with Gasteiger partial charge in [0.2, 0.25) is 0 Å². The molecule has 1 aromatic heterocycles. The first-order valence-corrected chi connectivity index (χ1v) is 8.32. The highest BCUT2D eigenvalue weighted by Gasteiger charge is 2.28. The average molecular weight is 345 g/mol. The number of H-pyrrole nitrogens is 1. The second-order valence-electron chi connectivity index (χ2n) is 7.21. The second-order valence-corrected chi connectivity index (χ2v) is 7.21. The number of benzene rings is 1. The zero-order chi connectivity index (χ0) is 18.2. The SMILES string of the molecule is CC(C)(C)OC(=O)N1CCN(C(=O)c2cc3ccc(O)cc3[nH]2)CC1. The molecule has 3 rings (SSSR count). The van der Waals surface area contributed by atoms with Gasteiger partial charge >= 0.3 is 6.09 Å². The summed E-state index contributed by atoms with van der Waals surface area (Å²) in [6, 6.07) is 6.71. The number of rotatable bonds is 1. The number of nitrogens with one attached hydrogen (secondary N) is 1. The normalized spacial score (nSPS) is 15.5. The predicted molar refractivity (Wildman–Crippen MR) is 93.7 cm³/mol. The van der Waals surface area contributed by atoms with E-state index < -0.39 is 5.60 Å². The molecule has 134 valence electrons. The van der Waals surface area contributed by atoms with Gasteiger partial charge in [-0.1, -0.05) is 0 Å². The lowest BCUT2D eigenvalue weighted by atomic mass is 10.2. The van der Waals surface area contributed by atoms with Crippen LogP contribution in [0, 0.1) is 0 Å². The van der Waals surface area contributed by atoms with Gasteiger partial charge in [-0.15, -0.1) is 0 Å². The summed E-state index contributed by atoms with van der Waals surface area (Å²) in [5.41, 5.74) is 0.669. The quantitative estimate of drug-likeness (QED) is 0.832. The molecule has 2 heterocycles. The monoisotopic (exact) mass is 345 g/mol. The Morgan fingerprint density at radius 1 is 1.08 bits per heavy atom. The van der Waals surface area contributed by atoms with Crippen LogP contribution in [-0.4, -0.2) is 63.7 Å². The van der Waals surface area contributed by atoms with Gasteiger partial charge in [0.1, 0.15) is 17.0 Å². The minimum absolute atomic E-state index is 0.112. The molecular weight excluding hydrogens is 322 g/mol. The summed E-state index contributed by atoms with van der Waals surface area (Å²) in [6.07, 6.45) is -0.347. The third kappa shape index (κ3) is 3.87. The molecule has 0 saturated carbocycles. The van der Waals surface area contributed by atoms with Gasteiger partial charge in [-0.25, -0.2) is 4.79 Å². The number of phenolic OH excluding ortho intramolecular Hbond substituents is 1. The molecule has 1 aliphatic heterocycles. The van der Waals surface area contributed by atoms with Gasteiger partial charge in [0, 0.05) is 43.1 Å².